The zero-order valence-electron chi connectivity index (χ0n) is 21.4. The van der Waals surface area contributed by atoms with Gasteiger partial charge in [0.1, 0.15) is 0 Å². The number of anilines is 1. The van der Waals surface area contributed by atoms with Crippen LogP contribution in [-0.2, 0) is 6.42 Å². The molecule has 1 aliphatic carbocycles. The summed E-state index contributed by atoms with van der Waals surface area (Å²) in [5.41, 5.74) is 10.1. The van der Waals surface area contributed by atoms with Crippen molar-refractivity contribution >= 4 is 55.0 Å². The Kier molecular flexibility index (Phi) is 5.17. The van der Waals surface area contributed by atoms with Gasteiger partial charge in [0.15, 0.2) is 0 Å². The third kappa shape index (κ3) is 3.70. The topological polar surface area (TPSA) is 17.0 Å². The molecule has 0 atom stereocenters. The number of rotatable bonds is 4. The molecule has 2 heterocycles. The first-order valence-electron chi connectivity index (χ1n) is 13.5. The van der Waals surface area contributed by atoms with Crippen LogP contribution in [0.4, 0.5) is 5.69 Å². The third-order valence-electron chi connectivity index (χ3n) is 7.84. The maximum Gasteiger partial charge on any atom is 0.0719 e. The first-order chi connectivity index (χ1) is 19.3. The van der Waals surface area contributed by atoms with Crippen LogP contribution >= 0.6 is 11.3 Å². The van der Waals surface area contributed by atoms with Crippen LogP contribution in [0.3, 0.4) is 0 Å². The van der Waals surface area contributed by atoms with E-state index in [0.29, 0.717) is 0 Å². The van der Waals surface area contributed by atoms with E-state index in [-0.39, 0.29) is 0 Å². The number of para-hydroxylation sites is 2. The Balaban J connectivity index is 1.38. The van der Waals surface area contributed by atoms with Gasteiger partial charge in [-0.3, -0.25) is 0 Å². The van der Waals surface area contributed by atoms with Crippen molar-refractivity contribution in [1.29, 1.82) is 0 Å². The Bertz CT molecular complexity index is 2010. The largest absolute Gasteiger partial charge is 0.359 e. The minimum atomic E-state index is 1.03. The molecular weight excluding hydrogens is 492 g/mol. The van der Waals surface area contributed by atoms with E-state index in [2.05, 4.69) is 137 Å². The highest BCUT2D eigenvalue weighted by Gasteiger charge is 2.22. The summed E-state index contributed by atoms with van der Waals surface area (Å²) >= 11 is 1.97. The maximum absolute atomic E-state index is 3.65. The van der Waals surface area contributed by atoms with Gasteiger partial charge in [-0.25, -0.2) is 0 Å². The van der Waals surface area contributed by atoms with Crippen LogP contribution in [0.15, 0.2) is 127 Å². The second kappa shape index (κ2) is 9.00. The van der Waals surface area contributed by atoms with E-state index >= 15 is 0 Å². The molecule has 39 heavy (non-hydrogen) atoms. The average Bonchev–Trinajstić information content (AvgIpc) is 3.54. The maximum atomic E-state index is 3.65. The quantitative estimate of drug-likeness (QED) is 0.245. The Morgan fingerprint density at radius 2 is 1.33 bits per heavy atom. The number of hydrogen-bond donors (Lipinski definition) is 1. The molecule has 0 amide bonds. The van der Waals surface area contributed by atoms with Gasteiger partial charge in [0.05, 0.1) is 15.7 Å². The molecule has 1 aliphatic rings. The summed E-state index contributed by atoms with van der Waals surface area (Å²) in [6.45, 7) is 0. The van der Waals surface area contributed by atoms with E-state index < -0.39 is 0 Å². The van der Waals surface area contributed by atoms with Gasteiger partial charge in [-0.2, -0.15) is 0 Å². The van der Waals surface area contributed by atoms with Gasteiger partial charge < -0.3 is 9.88 Å². The van der Waals surface area contributed by atoms with Gasteiger partial charge in [0.25, 0.3) is 0 Å². The fourth-order valence-corrected chi connectivity index (χ4v) is 7.34. The first kappa shape index (κ1) is 22.4. The lowest BCUT2D eigenvalue weighted by atomic mass is 9.99. The first-order valence-corrected chi connectivity index (χ1v) is 14.3. The lowest BCUT2D eigenvalue weighted by molar-refractivity contribution is 0.954. The third-order valence-corrected chi connectivity index (χ3v) is 9.13. The number of fused-ring (bicyclic) bond motifs is 7. The van der Waals surface area contributed by atoms with Crippen LogP contribution in [0.1, 0.15) is 16.9 Å². The fourth-order valence-electron chi connectivity index (χ4n) is 6.02. The summed E-state index contributed by atoms with van der Waals surface area (Å²) in [7, 11) is 0. The summed E-state index contributed by atoms with van der Waals surface area (Å²) < 4.78 is 3.84. The molecule has 0 unspecified atom stereocenters. The van der Waals surface area contributed by atoms with E-state index in [1.54, 1.807) is 0 Å². The van der Waals surface area contributed by atoms with Crippen LogP contribution in [-0.4, -0.2) is 4.57 Å². The normalized spacial score (nSPS) is 13.1. The molecule has 2 aromatic heterocycles. The fraction of sp³-hybridized carbons (Fsp3) is 0.0556. The SMILES string of the molecule is C1=C(Nc2ccccc2)CCc2sc3c(ccc4c5cc(-c6ccccc6)ccc5n(-c5ccccc5)c43)c21. The van der Waals surface area contributed by atoms with Gasteiger partial charge in [0.2, 0.25) is 0 Å². The molecule has 0 radical (unpaired) electrons. The predicted octanol–water partition coefficient (Wildman–Crippen LogP) is 10.1. The number of aromatic nitrogens is 1. The minimum absolute atomic E-state index is 1.03. The molecule has 0 saturated carbocycles. The van der Waals surface area contributed by atoms with Crippen molar-refractivity contribution in [2.24, 2.45) is 0 Å². The molecule has 7 aromatic rings. The number of nitrogens with zero attached hydrogens (tertiary/aromatic N) is 1. The molecular formula is C36H26N2S. The van der Waals surface area contributed by atoms with Crippen molar-refractivity contribution in [3.63, 3.8) is 0 Å². The Morgan fingerprint density at radius 1 is 0.615 bits per heavy atom. The summed E-state index contributed by atoms with van der Waals surface area (Å²) in [5.74, 6) is 0. The lowest BCUT2D eigenvalue weighted by Crippen LogP contribution is -2.04. The van der Waals surface area contributed by atoms with E-state index in [4.69, 9.17) is 0 Å². The van der Waals surface area contributed by atoms with Crippen LogP contribution < -0.4 is 5.32 Å². The molecule has 0 aliphatic heterocycles. The van der Waals surface area contributed by atoms with Gasteiger partial charge in [-0.1, -0.05) is 84.9 Å². The molecule has 0 spiro atoms. The Morgan fingerprint density at radius 3 is 2.13 bits per heavy atom. The number of benzene rings is 5. The number of aryl methyl sites for hydroxylation is 1. The average molecular weight is 519 g/mol. The zero-order valence-corrected chi connectivity index (χ0v) is 22.2. The van der Waals surface area contributed by atoms with E-state index in [9.17, 15) is 0 Å². The Hall–Kier alpha value is -4.60. The summed E-state index contributed by atoms with van der Waals surface area (Å²) in [6, 6.07) is 43.6. The molecule has 186 valence electrons. The number of hydrogen-bond acceptors (Lipinski definition) is 2. The van der Waals surface area contributed by atoms with Crippen LogP contribution in [0, 0.1) is 0 Å². The monoisotopic (exact) mass is 518 g/mol. The second-order valence-electron chi connectivity index (χ2n) is 10.2. The highest BCUT2D eigenvalue weighted by Crippen LogP contribution is 2.45. The number of allylic oxidation sites excluding steroid dienone is 1. The number of thiophene rings is 1. The van der Waals surface area contributed by atoms with Crippen molar-refractivity contribution < 1.29 is 0 Å². The lowest BCUT2D eigenvalue weighted by Gasteiger charge is -2.15. The van der Waals surface area contributed by atoms with Gasteiger partial charge >= 0.3 is 0 Å². The van der Waals surface area contributed by atoms with Gasteiger partial charge in [0, 0.05) is 38.1 Å². The summed E-state index contributed by atoms with van der Waals surface area (Å²) in [6.07, 6.45) is 4.46. The zero-order chi connectivity index (χ0) is 25.8. The highest BCUT2D eigenvalue weighted by atomic mass is 32.1. The van der Waals surface area contributed by atoms with E-state index in [1.807, 2.05) is 11.3 Å². The molecule has 5 aromatic carbocycles. The van der Waals surface area contributed by atoms with Crippen LogP contribution in [0.2, 0.25) is 0 Å². The van der Waals surface area contributed by atoms with Crippen molar-refractivity contribution in [2.75, 3.05) is 5.32 Å². The van der Waals surface area contributed by atoms with Crippen molar-refractivity contribution in [3.05, 3.63) is 137 Å². The molecule has 0 saturated heterocycles. The van der Waals surface area contributed by atoms with Gasteiger partial charge in [-0.05, 0) is 72.0 Å². The summed E-state index contributed by atoms with van der Waals surface area (Å²) in [4.78, 5) is 1.48. The summed E-state index contributed by atoms with van der Waals surface area (Å²) in [5, 5.41) is 7.61. The van der Waals surface area contributed by atoms with Crippen molar-refractivity contribution in [2.45, 2.75) is 12.8 Å². The highest BCUT2D eigenvalue weighted by molar-refractivity contribution is 7.20. The van der Waals surface area contributed by atoms with Crippen molar-refractivity contribution in [3.8, 4) is 16.8 Å². The predicted molar refractivity (Wildman–Crippen MR) is 168 cm³/mol. The van der Waals surface area contributed by atoms with E-state index in [0.717, 1.165) is 18.5 Å². The van der Waals surface area contributed by atoms with Gasteiger partial charge in [-0.15, -0.1) is 11.3 Å². The van der Waals surface area contributed by atoms with Crippen LogP contribution in [0.5, 0.6) is 0 Å². The molecule has 0 fully saturated rings. The smallest absolute Gasteiger partial charge is 0.0719 e. The molecule has 3 heteroatoms. The standard InChI is InChI=1S/C36H26N2S/c1-4-10-24(11-5-1)25-16-20-33-31(22-25)29-18-19-30-32-23-27(37-26-12-6-2-7-13-26)17-21-34(32)39-36(30)35(29)38(33)28-14-8-3-9-15-28/h1-16,18-20,22-23,37H,17,21H2. The van der Waals surface area contributed by atoms with Crippen LogP contribution in [0.25, 0.3) is 54.8 Å². The second-order valence-corrected chi connectivity index (χ2v) is 11.3. The number of nitrogens with one attached hydrogen (secondary N) is 1. The molecule has 1 N–H and O–H groups in total. The molecule has 0 bridgehead atoms. The molecule has 2 nitrogen and oxygen atoms in total. The Labute approximate surface area is 231 Å². The van der Waals surface area contributed by atoms with E-state index in [1.165, 1.54) is 64.8 Å². The minimum Gasteiger partial charge on any atom is -0.359 e. The van der Waals surface area contributed by atoms with Crippen molar-refractivity contribution in [1.82, 2.24) is 4.57 Å². The molecule has 8 rings (SSSR count).